The minimum atomic E-state index is -4.46. The molecule has 30 heavy (non-hydrogen) atoms. The summed E-state index contributed by atoms with van der Waals surface area (Å²) in [6.45, 7) is 6.76. The maximum atomic E-state index is 12.8. The Morgan fingerprint density at radius 2 is 2.07 bits per heavy atom. The molecule has 2 aromatic heterocycles. The maximum absolute atomic E-state index is 12.8. The normalized spacial score (nSPS) is 25.6. The van der Waals surface area contributed by atoms with Crippen molar-refractivity contribution in [1.29, 1.82) is 0 Å². The van der Waals surface area contributed by atoms with Gasteiger partial charge < -0.3 is 10.1 Å². The average molecular weight is 423 g/mol. The number of rotatable bonds is 4. The third-order valence-corrected chi connectivity index (χ3v) is 6.00. The molecule has 1 N–H and O–H groups in total. The van der Waals surface area contributed by atoms with E-state index >= 15 is 0 Å². The molecular formula is C21H28F3N5O. The molecule has 0 aromatic carbocycles. The van der Waals surface area contributed by atoms with Gasteiger partial charge in [0.2, 0.25) is 0 Å². The van der Waals surface area contributed by atoms with Crippen molar-refractivity contribution < 1.29 is 17.9 Å². The molecule has 1 aliphatic carbocycles. The van der Waals surface area contributed by atoms with E-state index in [4.69, 9.17) is 9.72 Å². The molecule has 1 saturated carbocycles. The van der Waals surface area contributed by atoms with Crippen LogP contribution in [0.3, 0.4) is 0 Å². The molecule has 0 radical (unpaired) electrons. The number of hydrogen-bond donors (Lipinski definition) is 1. The van der Waals surface area contributed by atoms with E-state index in [2.05, 4.69) is 15.4 Å². The van der Waals surface area contributed by atoms with Gasteiger partial charge in [0.05, 0.1) is 6.10 Å². The minimum absolute atomic E-state index is 0.110. The number of nitrogens with zero attached hydrogens (tertiary/aromatic N) is 4. The van der Waals surface area contributed by atoms with Gasteiger partial charge in [0.25, 0.3) is 0 Å². The second kappa shape index (κ2) is 8.63. The number of pyridine rings is 1. The molecule has 4 rings (SSSR count). The topological polar surface area (TPSA) is 64.9 Å². The Hall–Kier alpha value is -2.00. The minimum Gasteiger partial charge on any atom is -0.377 e. The maximum Gasteiger partial charge on any atom is 0.433 e. The van der Waals surface area contributed by atoms with Gasteiger partial charge in [-0.2, -0.15) is 18.3 Å². The van der Waals surface area contributed by atoms with Gasteiger partial charge >= 0.3 is 6.18 Å². The van der Waals surface area contributed by atoms with E-state index in [9.17, 15) is 13.2 Å². The Morgan fingerprint density at radius 3 is 2.77 bits per heavy atom. The summed E-state index contributed by atoms with van der Waals surface area (Å²) < 4.78 is 46.4. The zero-order valence-corrected chi connectivity index (χ0v) is 17.3. The molecule has 6 nitrogen and oxygen atoms in total. The van der Waals surface area contributed by atoms with Crippen LogP contribution in [0.15, 0.2) is 18.3 Å². The van der Waals surface area contributed by atoms with Crippen LogP contribution in [-0.4, -0.2) is 45.5 Å². The molecule has 1 saturated heterocycles. The Morgan fingerprint density at radius 1 is 1.23 bits per heavy atom. The van der Waals surface area contributed by atoms with Crippen LogP contribution in [0.4, 0.5) is 13.2 Å². The first-order valence-corrected chi connectivity index (χ1v) is 10.7. The van der Waals surface area contributed by atoms with Gasteiger partial charge in [-0.3, -0.25) is 4.98 Å². The van der Waals surface area contributed by atoms with E-state index < -0.39 is 11.9 Å². The van der Waals surface area contributed by atoms with E-state index in [1.165, 1.54) is 12.3 Å². The fourth-order valence-corrected chi connectivity index (χ4v) is 4.44. The van der Waals surface area contributed by atoms with Crippen molar-refractivity contribution in [3.05, 3.63) is 29.8 Å². The molecule has 164 valence electrons. The van der Waals surface area contributed by atoms with E-state index in [0.717, 1.165) is 57.3 Å². The van der Waals surface area contributed by atoms with Gasteiger partial charge in [0.1, 0.15) is 11.5 Å². The average Bonchev–Trinajstić information content (AvgIpc) is 3.28. The van der Waals surface area contributed by atoms with Gasteiger partial charge in [-0.05, 0) is 64.1 Å². The molecule has 0 bridgehead atoms. The summed E-state index contributed by atoms with van der Waals surface area (Å²) in [5, 5.41) is 8.06. The summed E-state index contributed by atoms with van der Waals surface area (Å²) in [6, 6.07) is 2.48. The fourth-order valence-electron chi connectivity index (χ4n) is 4.44. The zero-order valence-electron chi connectivity index (χ0n) is 17.3. The zero-order chi connectivity index (χ0) is 21.3. The fraction of sp³-hybridized carbons (Fsp3) is 0.667. The van der Waals surface area contributed by atoms with E-state index in [0.29, 0.717) is 17.3 Å². The molecule has 3 heterocycles. The first-order chi connectivity index (χ1) is 14.3. The predicted molar refractivity (Wildman–Crippen MR) is 106 cm³/mol. The standard InChI is InChI=1S/C21H28F3N5O/c1-13(2)29-20(15-5-4-14(10-15)17-12-25-8-3-9-30-17)27-19(28-29)16-6-7-18(26-11-16)21(22,23)24/h6-7,11,13-15,17,25H,3-5,8-10,12H2,1-2H3/t14-,15-,17?/m1/s1. The Kier molecular flexibility index (Phi) is 6.11. The van der Waals surface area contributed by atoms with E-state index in [1.54, 1.807) is 0 Å². The highest BCUT2D eigenvalue weighted by molar-refractivity contribution is 5.53. The van der Waals surface area contributed by atoms with Crippen LogP contribution in [-0.2, 0) is 10.9 Å². The lowest BCUT2D eigenvalue weighted by molar-refractivity contribution is -0.141. The van der Waals surface area contributed by atoms with Crippen molar-refractivity contribution in [3.8, 4) is 11.4 Å². The predicted octanol–water partition coefficient (Wildman–Crippen LogP) is 4.20. The lowest BCUT2D eigenvalue weighted by Crippen LogP contribution is -2.31. The smallest absolute Gasteiger partial charge is 0.377 e. The number of alkyl halides is 3. The summed E-state index contributed by atoms with van der Waals surface area (Å²) in [4.78, 5) is 8.30. The summed E-state index contributed by atoms with van der Waals surface area (Å²) in [7, 11) is 0. The SMILES string of the molecule is CC(C)n1nc(-c2ccc(C(F)(F)F)nc2)nc1[C@@H]1CC[C@@H](C2CNCCCO2)C1. The highest BCUT2D eigenvalue weighted by Crippen LogP contribution is 2.41. The van der Waals surface area contributed by atoms with E-state index in [1.807, 2.05) is 18.5 Å². The molecule has 2 aliphatic rings. The molecule has 3 atom stereocenters. The molecule has 2 fully saturated rings. The summed E-state index contributed by atoms with van der Waals surface area (Å²) in [5.41, 5.74) is -0.417. The number of aromatic nitrogens is 4. The molecule has 0 spiro atoms. The summed E-state index contributed by atoms with van der Waals surface area (Å²) >= 11 is 0. The Labute approximate surface area is 174 Å². The molecule has 9 heteroatoms. The number of nitrogens with one attached hydrogen (secondary N) is 1. The monoisotopic (exact) mass is 423 g/mol. The van der Waals surface area contributed by atoms with Crippen molar-refractivity contribution in [2.45, 2.75) is 63.8 Å². The van der Waals surface area contributed by atoms with Crippen molar-refractivity contribution in [2.75, 3.05) is 19.7 Å². The van der Waals surface area contributed by atoms with Crippen LogP contribution in [0.1, 0.15) is 63.0 Å². The van der Waals surface area contributed by atoms with Crippen LogP contribution in [0.2, 0.25) is 0 Å². The van der Waals surface area contributed by atoms with Gasteiger partial charge in [-0.25, -0.2) is 9.67 Å². The quantitative estimate of drug-likeness (QED) is 0.799. The largest absolute Gasteiger partial charge is 0.433 e. The van der Waals surface area contributed by atoms with Gasteiger partial charge in [0, 0.05) is 36.9 Å². The van der Waals surface area contributed by atoms with Gasteiger partial charge in [0.15, 0.2) is 5.82 Å². The lowest BCUT2D eigenvalue weighted by atomic mass is 9.98. The van der Waals surface area contributed by atoms with Crippen LogP contribution < -0.4 is 5.32 Å². The number of ether oxygens (including phenoxy) is 1. The number of halogens is 3. The number of hydrogen-bond acceptors (Lipinski definition) is 5. The lowest BCUT2D eigenvalue weighted by Gasteiger charge is -2.22. The van der Waals surface area contributed by atoms with Gasteiger partial charge in [-0.15, -0.1) is 0 Å². The van der Waals surface area contributed by atoms with Crippen LogP contribution >= 0.6 is 0 Å². The molecule has 2 aromatic rings. The molecular weight excluding hydrogens is 395 g/mol. The van der Waals surface area contributed by atoms with Crippen molar-refractivity contribution in [3.63, 3.8) is 0 Å². The second-order valence-electron chi connectivity index (χ2n) is 8.50. The van der Waals surface area contributed by atoms with Crippen molar-refractivity contribution in [2.24, 2.45) is 5.92 Å². The van der Waals surface area contributed by atoms with Crippen LogP contribution in [0, 0.1) is 5.92 Å². The summed E-state index contributed by atoms with van der Waals surface area (Å²) in [5.74, 6) is 2.08. The van der Waals surface area contributed by atoms with Crippen molar-refractivity contribution >= 4 is 0 Å². The van der Waals surface area contributed by atoms with Gasteiger partial charge in [-0.1, -0.05) is 0 Å². The Bertz CT molecular complexity index is 841. The second-order valence-corrected chi connectivity index (χ2v) is 8.50. The third kappa shape index (κ3) is 4.51. The third-order valence-electron chi connectivity index (χ3n) is 6.00. The summed E-state index contributed by atoms with van der Waals surface area (Å²) in [6.07, 6.45) is 1.10. The highest BCUT2D eigenvalue weighted by Gasteiger charge is 2.36. The molecule has 0 amide bonds. The first kappa shape index (κ1) is 21.2. The highest BCUT2D eigenvalue weighted by atomic mass is 19.4. The first-order valence-electron chi connectivity index (χ1n) is 10.7. The van der Waals surface area contributed by atoms with E-state index in [-0.39, 0.29) is 18.1 Å². The Balaban J connectivity index is 1.54. The van der Waals surface area contributed by atoms with Crippen molar-refractivity contribution in [1.82, 2.24) is 25.1 Å². The molecule has 1 unspecified atom stereocenters. The van der Waals surface area contributed by atoms with Crippen LogP contribution in [0.5, 0.6) is 0 Å². The molecule has 1 aliphatic heterocycles. The van der Waals surface area contributed by atoms with Crippen LogP contribution in [0.25, 0.3) is 11.4 Å².